The highest BCUT2D eigenvalue weighted by Crippen LogP contribution is 2.32. The van der Waals surface area contributed by atoms with E-state index < -0.39 is 11.4 Å². The molecule has 0 aromatic carbocycles. The number of carboxylic acid groups (broad SMARTS) is 1. The average Bonchev–Trinajstić information content (AvgIpc) is 2.97. The molecule has 0 aliphatic carbocycles. The van der Waals surface area contributed by atoms with Crippen molar-refractivity contribution in [2.24, 2.45) is 12.5 Å². The average molecular weight is 277 g/mol. The molecule has 0 radical (unpaired) electrons. The summed E-state index contributed by atoms with van der Waals surface area (Å²) < 4.78 is 6.96. The van der Waals surface area contributed by atoms with Crippen LogP contribution in [0.15, 0.2) is 12.5 Å². The van der Waals surface area contributed by atoms with Crippen LogP contribution in [0.1, 0.15) is 6.92 Å². The van der Waals surface area contributed by atoms with Crippen LogP contribution in [0.3, 0.4) is 0 Å². The summed E-state index contributed by atoms with van der Waals surface area (Å²) in [5.74, 6) is -0.310. The Morgan fingerprint density at radius 3 is 3.15 bits per heavy atom. The van der Waals surface area contributed by atoms with Gasteiger partial charge in [0, 0.05) is 7.05 Å². The van der Waals surface area contributed by atoms with E-state index in [1.165, 1.54) is 6.33 Å². The van der Waals surface area contributed by atoms with Gasteiger partial charge < -0.3 is 15.2 Å². The number of anilines is 1. The van der Waals surface area contributed by atoms with Crippen molar-refractivity contribution in [3.8, 4) is 0 Å². The van der Waals surface area contributed by atoms with Crippen molar-refractivity contribution in [2.45, 2.75) is 13.0 Å². The number of fused-ring (bicyclic) bond motifs is 1. The largest absolute Gasteiger partial charge is 0.481 e. The van der Waals surface area contributed by atoms with Crippen molar-refractivity contribution in [1.29, 1.82) is 0 Å². The Morgan fingerprint density at radius 1 is 1.60 bits per heavy atom. The van der Waals surface area contributed by atoms with Crippen molar-refractivity contribution >= 4 is 22.8 Å². The number of carbonyl (C=O) groups is 1. The van der Waals surface area contributed by atoms with Crippen molar-refractivity contribution in [2.75, 3.05) is 18.5 Å². The molecule has 2 unspecified atom stereocenters. The predicted molar refractivity (Wildman–Crippen MR) is 70.3 cm³/mol. The second-order valence-electron chi connectivity index (χ2n) is 5.16. The summed E-state index contributed by atoms with van der Waals surface area (Å²) in [5.41, 5.74) is -0.280. The molecule has 3 heterocycles. The quantitative estimate of drug-likeness (QED) is 0.829. The van der Waals surface area contributed by atoms with Gasteiger partial charge in [-0.1, -0.05) is 0 Å². The molecule has 0 amide bonds. The molecule has 20 heavy (non-hydrogen) atoms. The molecule has 106 valence electrons. The molecule has 2 aromatic rings. The Balaban J connectivity index is 1.95. The maximum atomic E-state index is 11.4. The lowest BCUT2D eigenvalue weighted by molar-refractivity contribution is -0.148. The third kappa shape index (κ3) is 1.80. The number of aliphatic carboxylic acids is 1. The molecule has 8 nitrogen and oxygen atoms in total. The summed E-state index contributed by atoms with van der Waals surface area (Å²) in [6.45, 7) is 2.18. The number of nitrogens with one attached hydrogen (secondary N) is 1. The summed E-state index contributed by atoms with van der Waals surface area (Å²) >= 11 is 0. The van der Waals surface area contributed by atoms with Crippen LogP contribution >= 0.6 is 0 Å². The first kappa shape index (κ1) is 12.8. The second kappa shape index (κ2) is 4.41. The summed E-state index contributed by atoms with van der Waals surface area (Å²) in [4.78, 5) is 19.8. The Bertz CT molecular complexity index is 670. The van der Waals surface area contributed by atoms with Crippen LogP contribution in [0.4, 0.5) is 5.82 Å². The van der Waals surface area contributed by atoms with Crippen LogP contribution in [-0.4, -0.2) is 50.1 Å². The van der Waals surface area contributed by atoms with Crippen LogP contribution in [0, 0.1) is 5.41 Å². The predicted octanol–water partition coefficient (Wildman–Crippen LogP) is 0.265. The zero-order valence-electron chi connectivity index (χ0n) is 11.2. The fourth-order valence-electron chi connectivity index (χ4n) is 2.33. The molecule has 1 aliphatic heterocycles. The van der Waals surface area contributed by atoms with Crippen LogP contribution in [0.2, 0.25) is 0 Å². The minimum Gasteiger partial charge on any atom is -0.481 e. The number of carboxylic acids is 1. The van der Waals surface area contributed by atoms with E-state index in [0.717, 1.165) is 5.39 Å². The number of rotatable bonds is 3. The van der Waals surface area contributed by atoms with Gasteiger partial charge in [0.15, 0.2) is 5.65 Å². The third-order valence-corrected chi connectivity index (χ3v) is 3.78. The highest BCUT2D eigenvalue weighted by Gasteiger charge is 2.47. The molecular formula is C12H15N5O3. The van der Waals surface area contributed by atoms with Crippen molar-refractivity contribution in [3.05, 3.63) is 12.5 Å². The van der Waals surface area contributed by atoms with Crippen molar-refractivity contribution in [3.63, 3.8) is 0 Å². The third-order valence-electron chi connectivity index (χ3n) is 3.78. The smallest absolute Gasteiger partial charge is 0.313 e. The standard InChI is InChI=1S/C12H15N5O3/c1-12(11(18)19)5-20-4-8(12)16-9-7-3-15-17(2)10(7)14-6-13-9/h3,6,8H,4-5H2,1-2H3,(H,18,19)(H,13,14,16). The molecule has 1 fully saturated rings. The van der Waals surface area contributed by atoms with Crippen LogP contribution in [-0.2, 0) is 16.6 Å². The molecule has 8 heteroatoms. The van der Waals surface area contributed by atoms with Gasteiger partial charge in [-0.25, -0.2) is 9.97 Å². The minimum atomic E-state index is -0.973. The van der Waals surface area contributed by atoms with Gasteiger partial charge >= 0.3 is 5.97 Å². The molecule has 2 N–H and O–H groups in total. The summed E-state index contributed by atoms with van der Waals surface area (Å²) in [7, 11) is 1.79. The minimum absolute atomic E-state index is 0.182. The van der Waals surface area contributed by atoms with Gasteiger partial charge in [-0.3, -0.25) is 9.48 Å². The van der Waals surface area contributed by atoms with Gasteiger partial charge in [0.1, 0.15) is 17.6 Å². The Hall–Kier alpha value is -2.22. The fourth-order valence-corrected chi connectivity index (χ4v) is 2.33. The van der Waals surface area contributed by atoms with E-state index in [2.05, 4.69) is 20.4 Å². The van der Waals surface area contributed by atoms with Gasteiger partial charge in [0.05, 0.1) is 30.8 Å². The van der Waals surface area contributed by atoms with Crippen molar-refractivity contribution < 1.29 is 14.6 Å². The van der Waals surface area contributed by atoms with E-state index in [1.54, 1.807) is 24.9 Å². The number of hydrogen-bond acceptors (Lipinski definition) is 6. The zero-order chi connectivity index (χ0) is 14.3. The van der Waals surface area contributed by atoms with Gasteiger partial charge in [0.2, 0.25) is 0 Å². The highest BCUT2D eigenvalue weighted by atomic mass is 16.5. The Labute approximate surface area is 114 Å². The van der Waals surface area contributed by atoms with E-state index in [-0.39, 0.29) is 12.6 Å². The first-order valence-corrected chi connectivity index (χ1v) is 6.23. The van der Waals surface area contributed by atoms with Crippen molar-refractivity contribution in [1.82, 2.24) is 19.7 Å². The molecule has 1 aliphatic rings. The number of aromatic nitrogens is 4. The van der Waals surface area contributed by atoms with Crippen LogP contribution < -0.4 is 5.32 Å². The number of hydrogen-bond donors (Lipinski definition) is 2. The summed E-state index contributed by atoms with van der Waals surface area (Å²) in [5, 5.41) is 17.4. The molecule has 3 rings (SSSR count). The van der Waals surface area contributed by atoms with Gasteiger partial charge in [0.25, 0.3) is 0 Å². The number of ether oxygens (including phenoxy) is 1. The zero-order valence-corrected chi connectivity index (χ0v) is 11.2. The highest BCUT2D eigenvalue weighted by molar-refractivity contribution is 5.86. The number of nitrogens with zero attached hydrogens (tertiary/aromatic N) is 4. The topological polar surface area (TPSA) is 102 Å². The normalized spacial score (nSPS) is 26.0. The lowest BCUT2D eigenvalue weighted by atomic mass is 9.85. The molecule has 2 aromatic heterocycles. The fraction of sp³-hybridized carbons (Fsp3) is 0.500. The molecule has 1 saturated heterocycles. The molecule has 0 bridgehead atoms. The van der Waals surface area contributed by atoms with Gasteiger partial charge in [-0.2, -0.15) is 5.10 Å². The van der Waals surface area contributed by atoms with E-state index in [9.17, 15) is 9.90 Å². The van der Waals surface area contributed by atoms with E-state index in [0.29, 0.717) is 18.1 Å². The maximum Gasteiger partial charge on any atom is 0.313 e. The molecule has 0 saturated carbocycles. The monoisotopic (exact) mass is 277 g/mol. The maximum absolute atomic E-state index is 11.4. The van der Waals surface area contributed by atoms with Gasteiger partial charge in [-0.15, -0.1) is 0 Å². The SMILES string of the molecule is Cn1ncc2c(NC3COCC3(C)C(=O)O)ncnc21. The summed E-state index contributed by atoms with van der Waals surface area (Å²) in [6.07, 6.45) is 3.09. The lowest BCUT2D eigenvalue weighted by Crippen LogP contribution is -2.43. The van der Waals surface area contributed by atoms with Crippen LogP contribution in [0.25, 0.3) is 11.0 Å². The molecule has 2 atom stereocenters. The van der Waals surface area contributed by atoms with Gasteiger partial charge in [-0.05, 0) is 6.92 Å². The second-order valence-corrected chi connectivity index (χ2v) is 5.16. The lowest BCUT2D eigenvalue weighted by Gasteiger charge is -2.25. The summed E-state index contributed by atoms with van der Waals surface area (Å²) in [6, 6.07) is -0.349. The van der Waals surface area contributed by atoms with E-state index in [4.69, 9.17) is 4.74 Å². The van der Waals surface area contributed by atoms with E-state index in [1.807, 2.05) is 0 Å². The molecule has 0 spiro atoms. The van der Waals surface area contributed by atoms with Crippen LogP contribution in [0.5, 0.6) is 0 Å². The Morgan fingerprint density at radius 2 is 2.40 bits per heavy atom. The first-order valence-electron chi connectivity index (χ1n) is 6.23. The first-order chi connectivity index (χ1) is 9.52. The Kier molecular flexibility index (Phi) is 2.82. The van der Waals surface area contributed by atoms with E-state index >= 15 is 0 Å². The molecular weight excluding hydrogens is 262 g/mol. The number of aryl methyl sites for hydroxylation is 1.